The van der Waals surface area contributed by atoms with Crippen molar-refractivity contribution in [3.8, 4) is 11.5 Å². The number of para-hydroxylation sites is 1. The second-order valence-corrected chi connectivity index (χ2v) is 8.23. The van der Waals surface area contributed by atoms with Gasteiger partial charge in [-0.15, -0.1) is 0 Å². The summed E-state index contributed by atoms with van der Waals surface area (Å²) in [7, 11) is 1.74. The van der Waals surface area contributed by atoms with Crippen molar-refractivity contribution in [1.29, 1.82) is 0 Å². The Morgan fingerprint density at radius 1 is 1.10 bits per heavy atom. The number of hydrogen-bond donors (Lipinski definition) is 1. The molecule has 164 valence electrons. The van der Waals surface area contributed by atoms with Crippen molar-refractivity contribution in [2.75, 3.05) is 13.7 Å². The van der Waals surface area contributed by atoms with Crippen LogP contribution in [0.3, 0.4) is 0 Å². The summed E-state index contributed by atoms with van der Waals surface area (Å²) in [4.78, 5) is 0. The number of ether oxygens (including phenoxy) is 2. The fraction of sp³-hybridized carbons (Fsp3) is 0.423. The van der Waals surface area contributed by atoms with E-state index in [-0.39, 0.29) is 0 Å². The van der Waals surface area contributed by atoms with Gasteiger partial charge in [0.05, 0.1) is 24.9 Å². The summed E-state index contributed by atoms with van der Waals surface area (Å²) in [6.07, 6.45) is 7.86. The van der Waals surface area contributed by atoms with E-state index in [1.165, 1.54) is 23.2 Å². The summed E-state index contributed by atoms with van der Waals surface area (Å²) < 4.78 is 13.2. The molecule has 0 radical (unpaired) electrons. The van der Waals surface area contributed by atoms with Crippen LogP contribution < -0.4 is 10.1 Å². The van der Waals surface area contributed by atoms with E-state index in [2.05, 4.69) is 42.7 Å². The topological polar surface area (TPSA) is 48.3 Å². The van der Waals surface area contributed by atoms with Crippen LogP contribution in [0.2, 0.25) is 0 Å². The predicted molar refractivity (Wildman–Crippen MR) is 124 cm³/mol. The van der Waals surface area contributed by atoms with Gasteiger partial charge < -0.3 is 14.8 Å². The van der Waals surface area contributed by atoms with Crippen molar-refractivity contribution in [2.45, 2.75) is 57.7 Å². The van der Waals surface area contributed by atoms with Gasteiger partial charge in [0.2, 0.25) is 0 Å². The van der Waals surface area contributed by atoms with Crippen LogP contribution in [0.4, 0.5) is 0 Å². The minimum absolute atomic E-state index is 0.296. The Hall–Kier alpha value is -2.63. The van der Waals surface area contributed by atoms with Crippen molar-refractivity contribution < 1.29 is 9.47 Å². The second kappa shape index (κ2) is 10.6. The second-order valence-electron chi connectivity index (χ2n) is 8.23. The van der Waals surface area contributed by atoms with Crippen LogP contribution >= 0.6 is 0 Å². The highest BCUT2D eigenvalue weighted by Crippen LogP contribution is 2.33. The summed E-state index contributed by atoms with van der Waals surface area (Å²) in [6, 6.07) is 19.0. The molecule has 1 aliphatic rings. The number of nitrogens with zero attached hydrogens (tertiary/aromatic N) is 2. The molecule has 2 aromatic carbocycles. The Kier molecular flexibility index (Phi) is 7.39. The van der Waals surface area contributed by atoms with Crippen LogP contribution in [-0.4, -0.2) is 23.5 Å². The van der Waals surface area contributed by atoms with E-state index in [1.807, 2.05) is 35.0 Å². The minimum Gasteiger partial charge on any atom is -0.457 e. The molecule has 0 amide bonds. The molecule has 3 aromatic rings. The monoisotopic (exact) mass is 419 g/mol. The number of rotatable bonds is 10. The van der Waals surface area contributed by atoms with E-state index in [0.717, 1.165) is 43.7 Å². The third kappa shape index (κ3) is 5.54. The van der Waals surface area contributed by atoms with Crippen LogP contribution in [0.15, 0.2) is 60.8 Å². The van der Waals surface area contributed by atoms with Crippen molar-refractivity contribution in [2.24, 2.45) is 0 Å². The Labute approximate surface area is 185 Å². The fourth-order valence-electron chi connectivity index (χ4n) is 4.33. The van der Waals surface area contributed by atoms with E-state index >= 15 is 0 Å². The molecule has 5 nitrogen and oxygen atoms in total. The Bertz CT molecular complexity index is 937. The van der Waals surface area contributed by atoms with Crippen molar-refractivity contribution in [1.82, 2.24) is 15.1 Å². The van der Waals surface area contributed by atoms with Gasteiger partial charge in [0, 0.05) is 19.3 Å². The van der Waals surface area contributed by atoms with E-state index in [1.54, 1.807) is 7.11 Å². The maximum atomic E-state index is 5.96. The average Bonchev–Trinajstić information content (AvgIpc) is 3.23. The van der Waals surface area contributed by atoms with Gasteiger partial charge in [0.1, 0.15) is 11.5 Å². The number of hydrogen-bond acceptors (Lipinski definition) is 4. The average molecular weight is 420 g/mol. The molecule has 1 heterocycles. The van der Waals surface area contributed by atoms with Gasteiger partial charge in [0.25, 0.3) is 0 Å². The number of methoxy groups -OCH3 is 1. The SMILES string of the molecule is CCCC(NC1CCCc2cn(CCOC)nc21)c1ccc(Oc2ccccc2)cc1. The van der Waals surface area contributed by atoms with Gasteiger partial charge in [-0.05, 0) is 61.1 Å². The summed E-state index contributed by atoms with van der Waals surface area (Å²) in [5.41, 5.74) is 3.89. The molecular weight excluding hydrogens is 386 g/mol. The highest BCUT2D eigenvalue weighted by molar-refractivity contribution is 5.34. The zero-order chi connectivity index (χ0) is 21.5. The molecule has 1 N–H and O–H groups in total. The lowest BCUT2D eigenvalue weighted by atomic mass is 9.91. The first kappa shape index (κ1) is 21.6. The number of fused-ring (bicyclic) bond motifs is 1. The highest BCUT2D eigenvalue weighted by Gasteiger charge is 2.26. The molecule has 5 heteroatoms. The first-order chi connectivity index (χ1) is 15.3. The van der Waals surface area contributed by atoms with Crippen molar-refractivity contribution in [3.63, 3.8) is 0 Å². The molecule has 2 unspecified atom stereocenters. The third-order valence-corrected chi connectivity index (χ3v) is 5.90. The number of aromatic nitrogens is 2. The van der Waals surface area contributed by atoms with Crippen molar-refractivity contribution >= 4 is 0 Å². The summed E-state index contributed by atoms with van der Waals surface area (Å²) in [5.74, 6) is 1.72. The molecule has 4 rings (SSSR count). The van der Waals surface area contributed by atoms with Crippen LogP contribution in [0.1, 0.15) is 61.5 Å². The van der Waals surface area contributed by atoms with Crippen LogP contribution in [0.5, 0.6) is 11.5 Å². The molecule has 2 atom stereocenters. The minimum atomic E-state index is 0.296. The summed E-state index contributed by atoms with van der Waals surface area (Å²) in [5, 5.41) is 8.81. The van der Waals surface area contributed by atoms with Gasteiger partial charge in [-0.2, -0.15) is 5.10 Å². The molecule has 0 bridgehead atoms. The lowest BCUT2D eigenvalue weighted by Crippen LogP contribution is -2.29. The van der Waals surface area contributed by atoms with Gasteiger partial charge in [0.15, 0.2) is 0 Å². The lowest BCUT2D eigenvalue weighted by Gasteiger charge is -2.28. The molecule has 31 heavy (non-hydrogen) atoms. The predicted octanol–water partition coefficient (Wildman–Crippen LogP) is 5.83. The van der Waals surface area contributed by atoms with Crippen molar-refractivity contribution in [3.05, 3.63) is 77.6 Å². The van der Waals surface area contributed by atoms with E-state index < -0.39 is 0 Å². The number of nitrogens with one attached hydrogen (secondary N) is 1. The molecular formula is C26H33N3O2. The Balaban J connectivity index is 1.46. The Morgan fingerprint density at radius 2 is 1.87 bits per heavy atom. The molecule has 0 aliphatic heterocycles. The van der Waals surface area contributed by atoms with E-state index in [9.17, 15) is 0 Å². The quantitative estimate of drug-likeness (QED) is 0.449. The zero-order valence-corrected chi connectivity index (χ0v) is 18.6. The van der Waals surface area contributed by atoms with E-state index in [4.69, 9.17) is 14.6 Å². The zero-order valence-electron chi connectivity index (χ0n) is 18.6. The molecule has 0 saturated carbocycles. The maximum Gasteiger partial charge on any atom is 0.127 e. The van der Waals surface area contributed by atoms with Gasteiger partial charge in [-0.25, -0.2) is 0 Å². The highest BCUT2D eigenvalue weighted by atomic mass is 16.5. The van der Waals surface area contributed by atoms with Gasteiger partial charge >= 0.3 is 0 Å². The fourth-order valence-corrected chi connectivity index (χ4v) is 4.33. The molecule has 1 aromatic heterocycles. The smallest absolute Gasteiger partial charge is 0.127 e. The molecule has 0 saturated heterocycles. The lowest BCUT2D eigenvalue weighted by molar-refractivity contribution is 0.183. The standard InChI is InChI=1S/C26H33N3O2/c1-3-8-24(20-13-15-23(16-14-20)31-22-10-5-4-6-11-22)27-25-12-7-9-21-19-29(17-18-30-2)28-26(21)25/h4-6,10-11,13-16,19,24-25,27H,3,7-9,12,17-18H2,1-2H3. The van der Waals surface area contributed by atoms with Crippen LogP contribution in [-0.2, 0) is 17.7 Å². The summed E-state index contributed by atoms with van der Waals surface area (Å²) >= 11 is 0. The first-order valence-electron chi connectivity index (χ1n) is 11.4. The van der Waals surface area contributed by atoms with Gasteiger partial charge in [-0.3, -0.25) is 4.68 Å². The largest absolute Gasteiger partial charge is 0.457 e. The molecule has 1 aliphatic carbocycles. The maximum absolute atomic E-state index is 5.96. The molecule has 0 spiro atoms. The molecule has 0 fully saturated rings. The number of aryl methyl sites for hydroxylation is 1. The van der Waals surface area contributed by atoms with E-state index in [0.29, 0.717) is 18.7 Å². The Morgan fingerprint density at radius 3 is 2.61 bits per heavy atom. The summed E-state index contributed by atoms with van der Waals surface area (Å²) in [6.45, 7) is 3.74. The number of benzene rings is 2. The van der Waals surface area contributed by atoms with Crippen LogP contribution in [0.25, 0.3) is 0 Å². The van der Waals surface area contributed by atoms with Crippen LogP contribution in [0, 0.1) is 0 Å². The van der Waals surface area contributed by atoms with Gasteiger partial charge in [-0.1, -0.05) is 43.7 Å². The third-order valence-electron chi connectivity index (χ3n) is 5.90. The normalized spacial score (nSPS) is 16.6. The first-order valence-corrected chi connectivity index (χ1v) is 11.4.